The van der Waals surface area contributed by atoms with Crippen molar-refractivity contribution in [3.8, 4) is 17.2 Å². The molecule has 0 spiro atoms. The van der Waals surface area contributed by atoms with E-state index < -0.39 is 6.04 Å². The largest absolute Gasteiger partial charge is 0.449 e. The van der Waals surface area contributed by atoms with E-state index in [1.807, 2.05) is 36.4 Å². The van der Waals surface area contributed by atoms with Crippen molar-refractivity contribution in [2.24, 2.45) is 5.92 Å². The molecule has 29 heavy (non-hydrogen) atoms. The molecule has 148 valence electrons. The molecule has 0 bridgehead atoms. The molecule has 0 saturated carbocycles. The smallest absolute Gasteiger partial charge is 0.228 e. The summed E-state index contributed by atoms with van der Waals surface area (Å²) in [5, 5.41) is 12.3. The Morgan fingerprint density at radius 3 is 2.55 bits per heavy atom. The lowest BCUT2D eigenvalue weighted by molar-refractivity contribution is -0.123. The highest BCUT2D eigenvalue weighted by Crippen LogP contribution is 2.28. The van der Waals surface area contributed by atoms with E-state index >= 15 is 0 Å². The van der Waals surface area contributed by atoms with Gasteiger partial charge in [-0.25, -0.2) is 4.98 Å². The van der Waals surface area contributed by atoms with E-state index in [0.29, 0.717) is 18.2 Å². The average Bonchev–Trinajstić information content (AvgIpc) is 3.25. The van der Waals surface area contributed by atoms with Crippen LogP contribution in [0.15, 0.2) is 71.5 Å². The highest BCUT2D eigenvalue weighted by molar-refractivity contribution is 5.84. The Kier molecular flexibility index (Phi) is 6.80. The molecule has 0 radical (unpaired) electrons. The van der Waals surface area contributed by atoms with E-state index in [1.165, 1.54) is 12.5 Å². The summed E-state index contributed by atoms with van der Waals surface area (Å²) >= 11 is 0. The molecule has 3 rings (SSSR count). The zero-order chi connectivity index (χ0) is 20.6. The predicted octanol–water partition coefficient (Wildman–Crippen LogP) is 4.72. The minimum atomic E-state index is -0.687. The summed E-state index contributed by atoms with van der Waals surface area (Å²) < 4.78 is 5.21. The van der Waals surface area contributed by atoms with Gasteiger partial charge in [0.25, 0.3) is 0 Å². The van der Waals surface area contributed by atoms with Crippen LogP contribution in [0.25, 0.3) is 11.1 Å². The molecule has 5 nitrogen and oxygen atoms in total. The summed E-state index contributed by atoms with van der Waals surface area (Å²) in [4.78, 5) is 17.2. The second-order valence-electron chi connectivity index (χ2n) is 7.49. The van der Waals surface area contributed by atoms with Crippen molar-refractivity contribution in [1.29, 1.82) is 5.26 Å². The van der Waals surface area contributed by atoms with Crippen LogP contribution < -0.4 is 5.32 Å². The molecule has 1 aromatic heterocycles. The summed E-state index contributed by atoms with van der Waals surface area (Å²) in [5.41, 5.74) is 3.13. The van der Waals surface area contributed by atoms with Crippen LogP contribution in [0.3, 0.4) is 0 Å². The van der Waals surface area contributed by atoms with Crippen molar-refractivity contribution < 1.29 is 9.21 Å². The molecule has 1 amide bonds. The minimum Gasteiger partial charge on any atom is -0.449 e. The van der Waals surface area contributed by atoms with Crippen molar-refractivity contribution in [3.63, 3.8) is 0 Å². The third-order valence-electron chi connectivity index (χ3n) is 4.75. The van der Waals surface area contributed by atoms with E-state index in [1.54, 1.807) is 0 Å². The third-order valence-corrected chi connectivity index (χ3v) is 4.75. The highest BCUT2D eigenvalue weighted by atomic mass is 16.3. The lowest BCUT2D eigenvalue weighted by atomic mass is 9.87. The van der Waals surface area contributed by atoms with Gasteiger partial charge in [-0.2, -0.15) is 5.26 Å². The van der Waals surface area contributed by atoms with E-state index in [0.717, 1.165) is 16.7 Å². The van der Waals surface area contributed by atoms with Crippen molar-refractivity contribution in [3.05, 3.63) is 78.5 Å². The standard InChI is InChI=1S/C24H25N3O2/c1-17(2)13-22(24(28)27-21(16-25)15-23-26-11-12-29-23)20-10-6-9-19(14-20)18-7-4-3-5-8-18/h3-12,14,17,21-22H,13,15H2,1-2H3,(H,27,28). The number of hydrogen-bond donors (Lipinski definition) is 1. The number of benzene rings is 2. The van der Waals surface area contributed by atoms with Crippen LogP contribution in [-0.4, -0.2) is 16.9 Å². The summed E-state index contributed by atoms with van der Waals surface area (Å²) in [6.45, 7) is 4.19. The quantitative estimate of drug-likeness (QED) is 0.606. The summed E-state index contributed by atoms with van der Waals surface area (Å²) in [6.07, 6.45) is 3.93. The van der Waals surface area contributed by atoms with Gasteiger partial charge in [0.1, 0.15) is 12.3 Å². The van der Waals surface area contributed by atoms with E-state index in [-0.39, 0.29) is 18.2 Å². The molecule has 0 fully saturated rings. The number of aromatic nitrogens is 1. The first-order valence-corrected chi connectivity index (χ1v) is 9.80. The van der Waals surface area contributed by atoms with Gasteiger partial charge in [-0.05, 0) is 29.0 Å². The number of oxazole rings is 1. The number of nitrogens with zero attached hydrogens (tertiary/aromatic N) is 2. The van der Waals surface area contributed by atoms with Crippen molar-refractivity contribution >= 4 is 5.91 Å². The van der Waals surface area contributed by atoms with Gasteiger partial charge in [0.2, 0.25) is 5.91 Å². The van der Waals surface area contributed by atoms with Gasteiger partial charge in [0.15, 0.2) is 5.89 Å². The first-order chi connectivity index (χ1) is 14.1. The summed E-state index contributed by atoms with van der Waals surface area (Å²) in [5.74, 6) is 0.280. The molecule has 5 heteroatoms. The Hall–Kier alpha value is -3.39. The SMILES string of the molecule is CC(C)CC(C(=O)NC(C#N)Cc1ncco1)c1cccc(-c2ccccc2)c1. The Balaban J connectivity index is 1.82. The Morgan fingerprint density at radius 1 is 1.14 bits per heavy atom. The zero-order valence-electron chi connectivity index (χ0n) is 16.7. The molecule has 2 atom stereocenters. The van der Waals surface area contributed by atoms with Gasteiger partial charge in [0, 0.05) is 0 Å². The van der Waals surface area contributed by atoms with E-state index in [9.17, 15) is 10.1 Å². The monoisotopic (exact) mass is 387 g/mol. The fourth-order valence-electron chi connectivity index (χ4n) is 3.36. The molecule has 0 aliphatic heterocycles. The van der Waals surface area contributed by atoms with Gasteiger partial charge in [-0.1, -0.05) is 68.4 Å². The van der Waals surface area contributed by atoms with Crippen LogP contribution in [0.1, 0.15) is 37.6 Å². The van der Waals surface area contributed by atoms with Crippen LogP contribution in [-0.2, 0) is 11.2 Å². The van der Waals surface area contributed by atoms with Crippen LogP contribution in [0.5, 0.6) is 0 Å². The summed E-state index contributed by atoms with van der Waals surface area (Å²) in [7, 11) is 0. The molecule has 1 N–H and O–H groups in total. The maximum Gasteiger partial charge on any atom is 0.228 e. The molecular weight excluding hydrogens is 362 g/mol. The minimum absolute atomic E-state index is 0.151. The van der Waals surface area contributed by atoms with Gasteiger partial charge in [-0.3, -0.25) is 4.79 Å². The zero-order valence-corrected chi connectivity index (χ0v) is 16.7. The summed E-state index contributed by atoms with van der Waals surface area (Å²) in [6, 6.07) is 19.6. The second-order valence-corrected chi connectivity index (χ2v) is 7.49. The van der Waals surface area contributed by atoms with Crippen LogP contribution >= 0.6 is 0 Å². The predicted molar refractivity (Wildman–Crippen MR) is 112 cm³/mol. The Bertz CT molecular complexity index is 959. The van der Waals surface area contributed by atoms with Gasteiger partial charge < -0.3 is 9.73 Å². The van der Waals surface area contributed by atoms with Crippen molar-refractivity contribution in [2.75, 3.05) is 0 Å². The van der Waals surface area contributed by atoms with Gasteiger partial charge in [-0.15, -0.1) is 0 Å². The van der Waals surface area contributed by atoms with E-state index in [2.05, 4.69) is 48.4 Å². The fourth-order valence-corrected chi connectivity index (χ4v) is 3.36. The number of hydrogen-bond acceptors (Lipinski definition) is 4. The third kappa shape index (κ3) is 5.55. The number of amides is 1. The van der Waals surface area contributed by atoms with Crippen LogP contribution in [0.4, 0.5) is 0 Å². The molecule has 3 aromatic rings. The molecule has 0 aliphatic rings. The van der Waals surface area contributed by atoms with Gasteiger partial charge in [0.05, 0.1) is 24.6 Å². The molecular formula is C24H25N3O2. The number of carbonyl (C=O) groups is 1. The Morgan fingerprint density at radius 2 is 1.90 bits per heavy atom. The number of carbonyl (C=O) groups excluding carboxylic acids is 1. The first kappa shape index (κ1) is 20.3. The molecule has 2 aromatic carbocycles. The number of rotatable bonds is 8. The molecule has 2 unspecified atom stereocenters. The number of nitrogens with one attached hydrogen (secondary N) is 1. The molecule has 1 heterocycles. The lowest BCUT2D eigenvalue weighted by Gasteiger charge is -2.21. The van der Waals surface area contributed by atoms with Crippen molar-refractivity contribution in [2.45, 2.75) is 38.6 Å². The van der Waals surface area contributed by atoms with E-state index in [4.69, 9.17) is 4.42 Å². The second kappa shape index (κ2) is 9.70. The van der Waals surface area contributed by atoms with Crippen molar-refractivity contribution in [1.82, 2.24) is 10.3 Å². The maximum absolute atomic E-state index is 13.1. The fraction of sp³-hybridized carbons (Fsp3) is 0.292. The van der Waals surface area contributed by atoms with Crippen LogP contribution in [0.2, 0.25) is 0 Å². The number of nitriles is 1. The first-order valence-electron chi connectivity index (χ1n) is 9.80. The Labute approximate surface area is 171 Å². The normalized spacial score (nSPS) is 12.9. The molecule has 0 saturated heterocycles. The topological polar surface area (TPSA) is 78.9 Å². The highest BCUT2D eigenvalue weighted by Gasteiger charge is 2.25. The lowest BCUT2D eigenvalue weighted by Crippen LogP contribution is -2.39. The maximum atomic E-state index is 13.1. The molecule has 0 aliphatic carbocycles. The van der Waals surface area contributed by atoms with Crippen LogP contribution in [0, 0.1) is 17.2 Å². The average molecular weight is 387 g/mol. The van der Waals surface area contributed by atoms with Gasteiger partial charge >= 0.3 is 0 Å².